The molecule has 22 heavy (non-hydrogen) atoms. The molecule has 0 saturated heterocycles. The van der Waals surface area contributed by atoms with Gasteiger partial charge >= 0.3 is 0 Å². The Labute approximate surface area is 128 Å². The van der Waals surface area contributed by atoms with Crippen molar-refractivity contribution in [3.05, 3.63) is 33.9 Å². The molecule has 0 aliphatic heterocycles. The predicted molar refractivity (Wildman–Crippen MR) is 82.3 cm³/mol. The van der Waals surface area contributed by atoms with Gasteiger partial charge in [0.15, 0.2) is 0 Å². The van der Waals surface area contributed by atoms with Gasteiger partial charge in [-0.1, -0.05) is 19.9 Å². The lowest BCUT2D eigenvalue weighted by Gasteiger charge is -2.15. The molecule has 120 valence electrons. The molecule has 8 nitrogen and oxygen atoms in total. The van der Waals surface area contributed by atoms with Crippen LogP contribution in [0.4, 0.5) is 11.4 Å². The number of nitro groups is 1. The van der Waals surface area contributed by atoms with Crippen molar-refractivity contribution in [2.75, 3.05) is 11.9 Å². The molecule has 0 saturated carbocycles. The molecule has 1 aromatic carbocycles. The Kier molecular flexibility index (Phi) is 6.00. The second kappa shape index (κ2) is 7.51. The van der Waals surface area contributed by atoms with E-state index >= 15 is 0 Å². The predicted octanol–water partition coefficient (Wildman–Crippen LogP) is 0.941. The Bertz CT molecular complexity index is 586. The topological polar surface area (TPSA) is 127 Å². The van der Waals surface area contributed by atoms with Gasteiger partial charge in [0.05, 0.1) is 17.5 Å². The van der Waals surface area contributed by atoms with Gasteiger partial charge in [0.2, 0.25) is 11.8 Å². The Balaban J connectivity index is 2.61. The zero-order chi connectivity index (χ0) is 16.9. The smallest absolute Gasteiger partial charge is 0.274 e. The molecule has 0 aliphatic carbocycles. The third-order valence-electron chi connectivity index (χ3n) is 3.13. The summed E-state index contributed by atoms with van der Waals surface area (Å²) < 4.78 is 0. The number of nitrogens with two attached hydrogens (primary N) is 1. The lowest BCUT2D eigenvalue weighted by Crippen LogP contribution is -2.46. The van der Waals surface area contributed by atoms with E-state index in [2.05, 4.69) is 10.6 Å². The van der Waals surface area contributed by atoms with Crippen molar-refractivity contribution in [3.8, 4) is 0 Å². The number of nitrogens with one attached hydrogen (secondary N) is 2. The molecule has 1 aromatic rings. The number of nitro benzene ring substituents is 1. The molecule has 0 heterocycles. The van der Waals surface area contributed by atoms with E-state index in [-0.39, 0.29) is 18.2 Å². The third kappa shape index (κ3) is 4.81. The minimum atomic E-state index is -0.687. The van der Waals surface area contributed by atoms with Crippen LogP contribution in [0.5, 0.6) is 0 Å². The molecule has 0 spiro atoms. The third-order valence-corrected chi connectivity index (χ3v) is 3.13. The number of carbonyl (C=O) groups excluding carboxylic acids is 2. The van der Waals surface area contributed by atoms with Crippen LogP contribution in [0.3, 0.4) is 0 Å². The molecule has 1 rings (SSSR count). The zero-order valence-corrected chi connectivity index (χ0v) is 12.8. The minimum absolute atomic E-state index is 0.0391. The first-order chi connectivity index (χ1) is 10.2. The summed E-state index contributed by atoms with van der Waals surface area (Å²) in [6.45, 7) is 4.96. The number of hydrogen-bond acceptors (Lipinski definition) is 5. The first-order valence-electron chi connectivity index (χ1n) is 6.80. The Morgan fingerprint density at radius 2 is 2.00 bits per heavy atom. The molecule has 4 N–H and O–H groups in total. The number of carbonyl (C=O) groups is 2. The second-order valence-electron chi connectivity index (χ2n) is 5.29. The summed E-state index contributed by atoms with van der Waals surface area (Å²) >= 11 is 0. The number of amides is 2. The Morgan fingerprint density at radius 1 is 1.36 bits per heavy atom. The maximum Gasteiger partial charge on any atom is 0.274 e. The molecule has 1 atom stereocenters. The molecule has 0 fully saturated rings. The van der Waals surface area contributed by atoms with Crippen LogP contribution >= 0.6 is 0 Å². The summed E-state index contributed by atoms with van der Waals surface area (Å²) in [6, 6.07) is 3.69. The van der Waals surface area contributed by atoms with E-state index in [1.54, 1.807) is 32.9 Å². The highest BCUT2D eigenvalue weighted by atomic mass is 16.6. The quantitative estimate of drug-likeness (QED) is 0.532. The molecule has 0 bridgehead atoms. The highest BCUT2D eigenvalue weighted by Crippen LogP contribution is 2.22. The summed E-state index contributed by atoms with van der Waals surface area (Å²) in [5, 5.41) is 15.7. The van der Waals surface area contributed by atoms with Crippen molar-refractivity contribution in [1.29, 1.82) is 0 Å². The minimum Gasteiger partial charge on any atom is -0.346 e. The van der Waals surface area contributed by atoms with Gasteiger partial charge in [-0.25, -0.2) is 0 Å². The van der Waals surface area contributed by atoms with Crippen LogP contribution in [-0.4, -0.2) is 29.3 Å². The van der Waals surface area contributed by atoms with Gasteiger partial charge in [-0.2, -0.15) is 0 Å². The maximum absolute atomic E-state index is 11.7. The molecule has 0 radical (unpaired) electrons. The summed E-state index contributed by atoms with van der Waals surface area (Å²) in [5.41, 5.74) is 6.37. The average molecular weight is 308 g/mol. The molecular weight excluding hydrogens is 288 g/mol. The van der Waals surface area contributed by atoms with E-state index in [0.29, 0.717) is 11.3 Å². The van der Waals surface area contributed by atoms with E-state index in [1.165, 1.54) is 6.07 Å². The summed E-state index contributed by atoms with van der Waals surface area (Å²) in [7, 11) is 0. The van der Waals surface area contributed by atoms with Crippen LogP contribution in [0.25, 0.3) is 0 Å². The van der Waals surface area contributed by atoms with E-state index in [9.17, 15) is 19.7 Å². The monoisotopic (exact) mass is 308 g/mol. The number of benzene rings is 1. The van der Waals surface area contributed by atoms with Gasteiger partial charge in [0.1, 0.15) is 0 Å². The number of hydrogen-bond donors (Lipinski definition) is 3. The van der Waals surface area contributed by atoms with Crippen molar-refractivity contribution in [1.82, 2.24) is 5.32 Å². The van der Waals surface area contributed by atoms with Crippen LogP contribution in [-0.2, 0) is 9.59 Å². The van der Waals surface area contributed by atoms with Gasteiger partial charge in [-0.05, 0) is 18.9 Å². The standard InChI is InChI=1S/C14H20N4O4/c1-8(2)13(15)14(20)16-7-12(19)17-10-5-4-9(3)11(6-10)18(21)22/h4-6,8,13H,7,15H2,1-3H3,(H,16,20)(H,17,19)/t13-/m0/s1. The Morgan fingerprint density at radius 3 is 2.55 bits per heavy atom. The van der Waals surface area contributed by atoms with Crippen LogP contribution in [0.1, 0.15) is 19.4 Å². The van der Waals surface area contributed by atoms with Crippen molar-refractivity contribution in [3.63, 3.8) is 0 Å². The first-order valence-corrected chi connectivity index (χ1v) is 6.80. The van der Waals surface area contributed by atoms with Crippen LogP contribution in [0.2, 0.25) is 0 Å². The lowest BCUT2D eigenvalue weighted by molar-refractivity contribution is -0.385. The highest BCUT2D eigenvalue weighted by Gasteiger charge is 2.18. The van der Waals surface area contributed by atoms with Gasteiger partial charge in [-0.3, -0.25) is 19.7 Å². The molecule has 2 amide bonds. The molecular formula is C14H20N4O4. The van der Waals surface area contributed by atoms with Crippen LogP contribution < -0.4 is 16.4 Å². The normalized spacial score (nSPS) is 11.9. The SMILES string of the molecule is Cc1ccc(NC(=O)CNC(=O)[C@@H](N)C(C)C)cc1[N+](=O)[O-]. The van der Waals surface area contributed by atoms with E-state index in [1.807, 2.05) is 0 Å². The van der Waals surface area contributed by atoms with Crippen molar-refractivity contribution in [2.45, 2.75) is 26.8 Å². The molecule has 0 unspecified atom stereocenters. The number of anilines is 1. The first kappa shape index (κ1) is 17.6. The second-order valence-corrected chi connectivity index (χ2v) is 5.29. The van der Waals surface area contributed by atoms with Crippen molar-refractivity contribution >= 4 is 23.2 Å². The number of nitrogens with zero attached hydrogens (tertiary/aromatic N) is 1. The summed E-state index contributed by atoms with van der Waals surface area (Å²) in [4.78, 5) is 33.7. The average Bonchev–Trinajstić information content (AvgIpc) is 2.45. The van der Waals surface area contributed by atoms with Crippen LogP contribution in [0.15, 0.2) is 18.2 Å². The van der Waals surface area contributed by atoms with Gasteiger partial charge in [0.25, 0.3) is 5.69 Å². The molecule has 0 aromatic heterocycles. The fourth-order valence-electron chi connectivity index (χ4n) is 1.68. The summed E-state index contributed by atoms with van der Waals surface area (Å²) in [6.07, 6.45) is 0. The van der Waals surface area contributed by atoms with E-state index in [0.717, 1.165) is 0 Å². The highest BCUT2D eigenvalue weighted by molar-refractivity contribution is 5.95. The van der Waals surface area contributed by atoms with Crippen LogP contribution in [0, 0.1) is 23.0 Å². The van der Waals surface area contributed by atoms with Gasteiger partial charge < -0.3 is 16.4 Å². The number of rotatable bonds is 6. The fourth-order valence-corrected chi connectivity index (χ4v) is 1.68. The zero-order valence-electron chi connectivity index (χ0n) is 12.8. The van der Waals surface area contributed by atoms with E-state index in [4.69, 9.17) is 5.73 Å². The Hall–Kier alpha value is -2.48. The van der Waals surface area contributed by atoms with Gasteiger partial charge in [0, 0.05) is 17.3 Å². The van der Waals surface area contributed by atoms with Gasteiger partial charge in [-0.15, -0.1) is 0 Å². The lowest BCUT2D eigenvalue weighted by atomic mass is 10.1. The fraction of sp³-hybridized carbons (Fsp3) is 0.429. The number of aryl methyl sites for hydroxylation is 1. The van der Waals surface area contributed by atoms with E-state index < -0.39 is 22.8 Å². The largest absolute Gasteiger partial charge is 0.346 e. The molecule has 8 heteroatoms. The maximum atomic E-state index is 11.7. The van der Waals surface area contributed by atoms with Crippen molar-refractivity contribution in [2.24, 2.45) is 11.7 Å². The molecule has 0 aliphatic rings. The summed E-state index contributed by atoms with van der Waals surface area (Å²) in [5.74, 6) is -0.940. The van der Waals surface area contributed by atoms with Crippen molar-refractivity contribution < 1.29 is 14.5 Å².